The third kappa shape index (κ3) is 3.95. The highest BCUT2D eigenvalue weighted by molar-refractivity contribution is 5.89. The molecule has 0 unspecified atom stereocenters. The third-order valence-corrected chi connectivity index (χ3v) is 3.62. The molecule has 0 aliphatic heterocycles. The highest BCUT2D eigenvalue weighted by Crippen LogP contribution is 2.22. The van der Waals surface area contributed by atoms with Crippen LogP contribution in [0.4, 0.5) is 0 Å². The normalized spacial score (nSPS) is 12.1. The lowest BCUT2D eigenvalue weighted by Crippen LogP contribution is -2.87. The van der Waals surface area contributed by atoms with E-state index < -0.39 is 0 Å². The van der Waals surface area contributed by atoms with E-state index in [1.165, 1.54) is 7.11 Å². The Labute approximate surface area is 125 Å². The zero-order valence-electron chi connectivity index (χ0n) is 12.8. The molecule has 1 heterocycles. The van der Waals surface area contributed by atoms with E-state index in [-0.39, 0.29) is 5.97 Å². The van der Waals surface area contributed by atoms with Crippen LogP contribution in [0.1, 0.15) is 36.4 Å². The number of methoxy groups -OCH3 is 1. The fourth-order valence-corrected chi connectivity index (χ4v) is 2.02. The number of benzene rings is 1. The van der Waals surface area contributed by atoms with Crippen molar-refractivity contribution in [1.29, 1.82) is 0 Å². The van der Waals surface area contributed by atoms with Crippen LogP contribution in [0.25, 0.3) is 11.3 Å². The van der Waals surface area contributed by atoms with E-state index in [1.54, 1.807) is 12.1 Å². The number of carbonyl (C=O) groups is 1. The van der Waals surface area contributed by atoms with Crippen molar-refractivity contribution in [3.63, 3.8) is 0 Å². The maximum Gasteiger partial charge on any atom is 0.337 e. The van der Waals surface area contributed by atoms with Crippen LogP contribution in [-0.2, 0) is 11.3 Å². The van der Waals surface area contributed by atoms with E-state index in [9.17, 15) is 4.79 Å². The first-order valence-electron chi connectivity index (χ1n) is 7.24. The molecule has 0 saturated heterocycles. The first-order chi connectivity index (χ1) is 10.1. The van der Waals surface area contributed by atoms with Crippen LogP contribution in [0.2, 0.25) is 0 Å². The summed E-state index contributed by atoms with van der Waals surface area (Å²) < 4.78 is 10.5. The van der Waals surface area contributed by atoms with Crippen LogP contribution < -0.4 is 5.32 Å². The Morgan fingerprint density at radius 3 is 2.57 bits per heavy atom. The summed E-state index contributed by atoms with van der Waals surface area (Å²) in [6.07, 6.45) is 1.14. The third-order valence-electron chi connectivity index (χ3n) is 3.62. The van der Waals surface area contributed by atoms with Gasteiger partial charge in [0.15, 0.2) is 5.76 Å². The lowest BCUT2D eigenvalue weighted by Gasteiger charge is -2.05. The van der Waals surface area contributed by atoms with Gasteiger partial charge in [-0.3, -0.25) is 0 Å². The number of hydrogen-bond donors (Lipinski definition) is 1. The summed E-state index contributed by atoms with van der Waals surface area (Å²) in [5.41, 5.74) is 1.50. The number of ether oxygens (including phenoxy) is 1. The summed E-state index contributed by atoms with van der Waals surface area (Å²) in [4.78, 5) is 11.4. The number of nitrogens with two attached hydrogens (primary N) is 1. The minimum Gasteiger partial charge on any atom is -0.465 e. The number of rotatable bonds is 6. The number of quaternary nitrogens is 1. The standard InChI is InChI=1S/C17H21NO3/c1-4-12(2)18-11-15-9-10-16(21-15)13-5-7-14(8-6-13)17(19)20-3/h5-10,12,18H,4,11H2,1-3H3/p+1/t12-/m0/s1. The van der Waals surface area contributed by atoms with E-state index in [1.807, 2.05) is 24.3 Å². The summed E-state index contributed by atoms with van der Waals surface area (Å²) in [5, 5.41) is 2.27. The first kappa shape index (κ1) is 15.3. The Kier molecular flexibility index (Phi) is 5.17. The summed E-state index contributed by atoms with van der Waals surface area (Å²) in [6.45, 7) is 5.22. The Bertz CT molecular complexity index is 586. The molecular weight excluding hydrogens is 266 g/mol. The second-order valence-corrected chi connectivity index (χ2v) is 5.16. The molecule has 0 amide bonds. The fraction of sp³-hybridized carbons (Fsp3) is 0.353. The molecule has 0 spiro atoms. The smallest absolute Gasteiger partial charge is 0.337 e. The predicted molar refractivity (Wildman–Crippen MR) is 80.9 cm³/mol. The van der Waals surface area contributed by atoms with Crippen LogP contribution >= 0.6 is 0 Å². The van der Waals surface area contributed by atoms with Crippen LogP contribution in [0.3, 0.4) is 0 Å². The van der Waals surface area contributed by atoms with Gasteiger partial charge >= 0.3 is 5.97 Å². The molecule has 1 atom stereocenters. The maximum absolute atomic E-state index is 11.4. The summed E-state index contributed by atoms with van der Waals surface area (Å²) in [5.74, 6) is 1.45. The van der Waals surface area contributed by atoms with Gasteiger partial charge in [-0.1, -0.05) is 19.1 Å². The van der Waals surface area contributed by atoms with Crippen molar-refractivity contribution >= 4 is 5.97 Å². The molecule has 21 heavy (non-hydrogen) atoms. The molecule has 112 valence electrons. The van der Waals surface area contributed by atoms with Crippen molar-refractivity contribution < 1.29 is 19.3 Å². The molecule has 1 aromatic heterocycles. The Morgan fingerprint density at radius 1 is 1.24 bits per heavy atom. The molecule has 2 aromatic rings. The molecule has 4 heteroatoms. The predicted octanol–water partition coefficient (Wildman–Crippen LogP) is 2.60. The Hall–Kier alpha value is -2.07. The van der Waals surface area contributed by atoms with Gasteiger partial charge in [0.1, 0.15) is 12.3 Å². The average Bonchev–Trinajstić information content (AvgIpc) is 3.00. The van der Waals surface area contributed by atoms with Gasteiger partial charge in [0.2, 0.25) is 0 Å². The van der Waals surface area contributed by atoms with Gasteiger partial charge in [-0.05, 0) is 37.6 Å². The van der Waals surface area contributed by atoms with E-state index in [4.69, 9.17) is 4.42 Å². The molecular formula is C17H22NO3+. The summed E-state index contributed by atoms with van der Waals surface area (Å²) >= 11 is 0. The summed E-state index contributed by atoms with van der Waals surface area (Å²) in [7, 11) is 1.38. The van der Waals surface area contributed by atoms with E-state index >= 15 is 0 Å². The number of furan rings is 1. The van der Waals surface area contributed by atoms with E-state index in [0.29, 0.717) is 11.6 Å². The lowest BCUT2D eigenvalue weighted by molar-refractivity contribution is -0.703. The minimum absolute atomic E-state index is 0.329. The fourth-order valence-electron chi connectivity index (χ4n) is 2.02. The molecule has 0 aliphatic carbocycles. The molecule has 0 radical (unpaired) electrons. The number of hydrogen-bond acceptors (Lipinski definition) is 3. The zero-order chi connectivity index (χ0) is 15.2. The topological polar surface area (TPSA) is 56.0 Å². The van der Waals surface area contributed by atoms with Crippen molar-refractivity contribution in [1.82, 2.24) is 0 Å². The first-order valence-corrected chi connectivity index (χ1v) is 7.24. The van der Waals surface area contributed by atoms with Gasteiger partial charge in [-0.2, -0.15) is 0 Å². The van der Waals surface area contributed by atoms with Crippen LogP contribution in [0.5, 0.6) is 0 Å². The SMILES string of the molecule is CC[C@H](C)[NH2+]Cc1ccc(-c2ccc(C(=O)OC)cc2)o1. The van der Waals surface area contributed by atoms with Gasteiger partial charge in [-0.15, -0.1) is 0 Å². The second kappa shape index (κ2) is 7.09. The van der Waals surface area contributed by atoms with Gasteiger partial charge < -0.3 is 14.5 Å². The minimum atomic E-state index is -0.329. The molecule has 0 fully saturated rings. The summed E-state index contributed by atoms with van der Waals surface area (Å²) in [6, 6.07) is 11.8. The lowest BCUT2D eigenvalue weighted by atomic mass is 10.1. The molecule has 1 aromatic carbocycles. The number of carbonyl (C=O) groups excluding carboxylic acids is 1. The largest absolute Gasteiger partial charge is 0.465 e. The average molecular weight is 288 g/mol. The zero-order valence-corrected chi connectivity index (χ0v) is 12.8. The highest BCUT2D eigenvalue weighted by Gasteiger charge is 2.09. The molecule has 0 aliphatic rings. The van der Waals surface area contributed by atoms with Crippen molar-refractivity contribution in [3.05, 3.63) is 47.7 Å². The van der Waals surface area contributed by atoms with Crippen LogP contribution in [0.15, 0.2) is 40.8 Å². The molecule has 4 nitrogen and oxygen atoms in total. The quantitative estimate of drug-likeness (QED) is 0.831. The van der Waals surface area contributed by atoms with Crippen molar-refractivity contribution in [2.45, 2.75) is 32.9 Å². The Morgan fingerprint density at radius 2 is 1.95 bits per heavy atom. The van der Waals surface area contributed by atoms with Gasteiger partial charge in [0.25, 0.3) is 0 Å². The van der Waals surface area contributed by atoms with Crippen LogP contribution in [0, 0.1) is 0 Å². The van der Waals surface area contributed by atoms with Crippen LogP contribution in [-0.4, -0.2) is 19.1 Å². The van der Waals surface area contributed by atoms with Gasteiger partial charge in [0.05, 0.1) is 18.7 Å². The highest BCUT2D eigenvalue weighted by atomic mass is 16.5. The molecule has 2 N–H and O–H groups in total. The molecule has 0 saturated carbocycles. The van der Waals surface area contributed by atoms with Crippen molar-refractivity contribution in [2.75, 3.05) is 7.11 Å². The number of esters is 1. The van der Waals surface area contributed by atoms with Crippen molar-refractivity contribution in [3.8, 4) is 11.3 Å². The molecule has 2 rings (SSSR count). The van der Waals surface area contributed by atoms with E-state index in [0.717, 1.165) is 30.0 Å². The Balaban J connectivity index is 2.05. The second-order valence-electron chi connectivity index (χ2n) is 5.16. The monoisotopic (exact) mass is 288 g/mol. The van der Waals surface area contributed by atoms with Gasteiger partial charge in [0, 0.05) is 5.56 Å². The maximum atomic E-state index is 11.4. The van der Waals surface area contributed by atoms with Crippen molar-refractivity contribution in [2.24, 2.45) is 0 Å². The molecule has 0 bridgehead atoms. The van der Waals surface area contributed by atoms with Gasteiger partial charge in [-0.25, -0.2) is 4.79 Å². The van der Waals surface area contributed by atoms with E-state index in [2.05, 4.69) is 23.9 Å².